The van der Waals surface area contributed by atoms with Crippen LogP contribution >= 0.6 is 0 Å². The van der Waals surface area contributed by atoms with Crippen molar-refractivity contribution in [2.75, 3.05) is 0 Å². The topological polar surface area (TPSA) is 60.2 Å². The Morgan fingerprint density at radius 2 is 1.64 bits per heavy atom. The molecule has 78 valence electrons. The second-order valence-electron chi connectivity index (χ2n) is 4.29. The zero-order valence-corrected chi connectivity index (χ0v) is 9.43. The molecule has 0 radical (unpaired) electrons. The van der Waals surface area contributed by atoms with Crippen LogP contribution in [0.15, 0.2) is 29.2 Å². The first-order chi connectivity index (χ1) is 6.23. The van der Waals surface area contributed by atoms with Crippen molar-refractivity contribution in [1.29, 1.82) is 0 Å². The summed E-state index contributed by atoms with van der Waals surface area (Å²) in [5.41, 5.74) is 0.533. The summed E-state index contributed by atoms with van der Waals surface area (Å²) in [6.45, 7) is 5.87. The molecule has 0 unspecified atom stereocenters. The highest BCUT2D eigenvalue weighted by molar-refractivity contribution is 7.89. The van der Waals surface area contributed by atoms with Crippen LogP contribution in [0.2, 0.25) is 0 Å². The van der Waals surface area contributed by atoms with Crippen LogP contribution < -0.4 is 5.14 Å². The van der Waals surface area contributed by atoms with Crippen LogP contribution in [0.3, 0.4) is 0 Å². The van der Waals surface area contributed by atoms with Crippen molar-refractivity contribution >= 4 is 10.0 Å². The average Bonchev–Trinajstić information content (AvgIpc) is 2.01. The lowest BCUT2D eigenvalue weighted by molar-refractivity contribution is 0.562. The number of sulfonamides is 1. The van der Waals surface area contributed by atoms with Crippen LogP contribution in [0.4, 0.5) is 0 Å². The molecule has 0 aliphatic rings. The number of hydrogen-bond donors (Lipinski definition) is 1. The van der Waals surface area contributed by atoms with Gasteiger partial charge in [0.25, 0.3) is 0 Å². The van der Waals surface area contributed by atoms with Crippen LogP contribution in [0.5, 0.6) is 0 Å². The van der Waals surface area contributed by atoms with Crippen molar-refractivity contribution in [3.05, 3.63) is 29.8 Å². The van der Waals surface area contributed by atoms with Gasteiger partial charge in [0.2, 0.25) is 10.0 Å². The summed E-state index contributed by atoms with van der Waals surface area (Å²) >= 11 is 0. The van der Waals surface area contributed by atoms with Crippen LogP contribution in [-0.2, 0) is 15.4 Å². The van der Waals surface area contributed by atoms with Crippen molar-refractivity contribution in [3.8, 4) is 0 Å². The molecule has 0 fully saturated rings. The predicted molar refractivity (Wildman–Crippen MR) is 56.5 cm³/mol. The molecule has 0 aliphatic carbocycles. The third-order valence-corrected chi connectivity index (χ3v) is 2.97. The summed E-state index contributed by atoms with van der Waals surface area (Å²) in [5.74, 6) is 0. The zero-order valence-electron chi connectivity index (χ0n) is 8.61. The van der Waals surface area contributed by atoms with Gasteiger partial charge in [-0.15, -0.1) is 0 Å². The second kappa shape index (κ2) is 3.37. The molecule has 3 nitrogen and oxygen atoms in total. The smallest absolute Gasteiger partial charge is 0.225 e. The van der Waals surface area contributed by atoms with Gasteiger partial charge in [0.05, 0.1) is 4.90 Å². The maximum Gasteiger partial charge on any atom is 0.238 e. The van der Waals surface area contributed by atoms with Crippen LogP contribution in [0.1, 0.15) is 26.3 Å². The van der Waals surface area contributed by atoms with Crippen molar-refractivity contribution in [1.82, 2.24) is 0 Å². The molecule has 1 aromatic rings. The molecule has 1 aromatic carbocycles. The molecule has 0 aliphatic heterocycles. The van der Waals surface area contributed by atoms with E-state index in [2.05, 4.69) is 0 Å². The van der Waals surface area contributed by atoms with Crippen LogP contribution in [0.25, 0.3) is 0 Å². The fourth-order valence-corrected chi connectivity index (χ4v) is 2.28. The first kappa shape index (κ1) is 11.2. The molecule has 0 heterocycles. The molecule has 0 aromatic heterocycles. The lowest BCUT2D eigenvalue weighted by atomic mass is 9.87. The Bertz CT molecular complexity index is 430. The minimum atomic E-state index is -3.62. The van der Waals surface area contributed by atoms with E-state index >= 15 is 0 Å². The highest BCUT2D eigenvalue weighted by Crippen LogP contribution is 2.27. The molecule has 14 heavy (non-hydrogen) atoms. The summed E-state index contributed by atoms with van der Waals surface area (Å²) < 4.78 is 22.6. The minimum absolute atomic E-state index is 0.215. The van der Waals surface area contributed by atoms with Gasteiger partial charge in [-0.2, -0.15) is 0 Å². The molecule has 2 N–H and O–H groups in total. The van der Waals surface area contributed by atoms with Gasteiger partial charge in [-0.3, -0.25) is 0 Å². The third-order valence-electron chi connectivity index (χ3n) is 2.00. The molecule has 0 amide bonds. The largest absolute Gasteiger partial charge is 0.238 e. The number of nitrogens with two attached hydrogens (primary N) is 1. The standard InChI is InChI=1S/C10H15NO2S/c1-10(2,3)8-6-4-5-7-9(8)14(11,12)13/h4-7H,1-3H3,(H2,11,12,13). The van der Waals surface area contributed by atoms with E-state index in [0.29, 0.717) is 0 Å². The summed E-state index contributed by atoms with van der Waals surface area (Å²) in [4.78, 5) is 0.215. The van der Waals surface area contributed by atoms with E-state index in [0.717, 1.165) is 5.56 Å². The Balaban J connectivity index is 3.47. The van der Waals surface area contributed by atoms with E-state index in [-0.39, 0.29) is 10.3 Å². The highest BCUT2D eigenvalue weighted by Gasteiger charge is 2.22. The van der Waals surface area contributed by atoms with E-state index in [1.807, 2.05) is 26.8 Å². The van der Waals surface area contributed by atoms with Gasteiger partial charge in [0, 0.05) is 0 Å². The van der Waals surface area contributed by atoms with E-state index < -0.39 is 10.0 Å². The summed E-state index contributed by atoms with van der Waals surface area (Å²) in [5, 5.41) is 5.13. The Hall–Kier alpha value is -0.870. The van der Waals surface area contributed by atoms with Crippen molar-refractivity contribution in [3.63, 3.8) is 0 Å². The van der Waals surface area contributed by atoms with Crippen LogP contribution in [0, 0.1) is 0 Å². The van der Waals surface area contributed by atoms with Gasteiger partial charge in [0.1, 0.15) is 0 Å². The fraction of sp³-hybridized carbons (Fsp3) is 0.400. The summed E-state index contributed by atoms with van der Waals surface area (Å²) in [6.07, 6.45) is 0. The monoisotopic (exact) mass is 213 g/mol. The molecule has 0 bridgehead atoms. The first-order valence-corrected chi connectivity index (χ1v) is 5.90. The molecule has 0 spiro atoms. The summed E-state index contributed by atoms with van der Waals surface area (Å²) in [6, 6.07) is 6.82. The molecular weight excluding hydrogens is 198 g/mol. The van der Waals surface area contributed by atoms with E-state index in [1.54, 1.807) is 12.1 Å². The van der Waals surface area contributed by atoms with E-state index in [9.17, 15) is 8.42 Å². The predicted octanol–water partition coefficient (Wildman–Crippen LogP) is 1.63. The quantitative estimate of drug-likeness (QED) is 0.770. The lowest BCUT2D eigenvalue weighted by Gasteiger charge is -2.21. The molecule has 4 heteroatoms. The van der Waals surface area contributed by atoms with Crippen molar-refractivity contribution in [2.24, 2.45) is 5.14 Å². The van der Waals surface area contributed by atoms with Gasteiger partial charge in [-0.05, 0) is 17.0 Å². The van der Waals surface area contributed by atoms with Crippen LogP contribution in [-0.4, -0.2) is 8.42 Å². The fourth-order valence-electron chi connectivity index (χ4n) is 1.33. The normalized spacial score (nSPS) is 12.9. The lowest BCUT2D eigenvalue weighted by Crippen LogP contribution is -2.20. The molecule has 0 saturated heterocycles. The Morgan fingerprint density at radius 1 is 1.14 bits per heavy atom. The number of benzene rings is 1. The third kappa shape index (κ3) is 2.33. The molecule has 0 saturated carbocycles. The number of hydrogen-bond acceptors (Lipinski definition) is 2. The Morgan fingerprint density at radius 3 is 2.00 bits per heavy atom. The number of rotatable bonds is 1. The molecular formula is C10H15NO2S. The highest BCUT2D eigenvalue weighted by atomic mass is 32.2. The maximum atomic E-state index is 11.3. The number of primary sulfonamides is 1. The van der Waals surface area contributed by atoms with Gasteiger partial charge in [-0.1, -0.05) is 39.0 Å². The van der Waals surface area contributed by atoms with Gasteiger partial charge >= 0.3 is 0 Å². The van der Waals surface area contributed by atoms with Gasteiger partial charge in [-0.25, -0.2) is 13.6 Å². The van der Waals surface area contributed by atoms with Gasteiger partial charge in [0.15, 0.2) is 0 Å². The molecule has 1 rings (SSSR count). The second-order valence-corrected chi connectivity index (χ2v) is 5.82. The van der Waals surface area contributed by atoms with Crippen molar-refractivity contribution < 1.29 is 8.42 Å². The minimum Gasteiger partial charge on any atom is -0.225 e. The maximum absolute atomic E-state index is 11.3. The summed E-state index contributed by atoms with van der Waals surface area (Å²) in [7, 11) is -3.62. The SMILES string of the molecule is CC(C)(C)c1ccccc1S(N)(=O)=O. The molecule has 0 atom stereocenters. The Kier molecular flexibility index (Phi) is 2.69. The van der Waals surface area contributed by atoms with E-state index in [1.165, 1.54) is 6.07 Å². The zero-order chi connectivity index (χ0) is 11.0. The Labute approximate surface area is 85.0 Å². The average molecular weight is 213 g/mol. The first-order valence-electron chi connectivity index (χ1n) is 4.35. The van der Waals surface area contributed by atoms with Gasteiger partial charge < -0.3 is 0 Å². The van der Waals surface area contributed by atoms with E-state index in [4.69, 9.17) is 5.14 Å². The van der Waals surface area contributed by atoms with Crippen molar-refractivity contribution in [2.45, 2.75) is 31.1 Å².